The van der Waals surface area contributed by atoms with E-state index < -0.39 is 0 Å². The summed E-state index contributed by atoms with van der Waals surface area (Å²) in [7, 11) is 0. The van der Waals surface area contributed by atoms with E-state index in [-0.39, 0.29) is 5.78 Å². The van der Waals surface area contributed by atoms with Gasteiger partial charge in [0.05, 0.1) is 0 Å². The molecule has 0 radical (unpaired) electrons. The summed E-state index contributed by atoms with van der Waals surface area (Å²) >= 11 is 1.73. The molecule has 0 saturated carbocycles. The van der Waals surface area contributed by atoms with E-state index in [1.54, 1.807) is 11.8 Å². The summed E-state index contributed by atoms with van der Waals surface area (Å²) in [6.07, 6.45) is 0.559. The van der Waals surface area contributed by atoms with Gasteiger partial charge in [-0.2, -0.15) is 0 Å². The first-order valence-corrected chi connectivity index (χ1v) is 9.09. The van der Waals surface area contributed by atoms with Crippen molar-refractivity contribution in [2.24, 2.45) is 0 Å². The number of thioether (sulfide) groups is 1. The molecule has 120 valence electrons. The molecular formula is C22H20OS. The van der Waals surface area contributed by atoms with E-state index in [1.165, 1.54) is 16.0 Å². The normalized spacial score (nSPS) is 10.5. The Morgan fingerprint density at radius 2 is 1.42 bits per heavy atom. The number of carbonyl (C=O) groups is 1. The van der Waals surface area contributed by atoms with Crippen molar-refractivity contribution in [1.82, 2.24) is 0 Å². The molecule has 0 bridgehead atoms. The predicted octanol–water partition coefficient (Wildman–Crippen LogP) is 6.03. The highest BCUT2D eigenvalue weighted by molar-refractivity contribution is 7.99. The van der Waals surface area contributed by atoms with E-state index in [2.05, 4.69) is 43.3 Å². The van der Waals surface area contributed by atoms with Gasteiger partial charge in [0.1, 0.15) is 0 Å². The van der Waals surface area contributed by atoms with Crippen molar-refractivity contribution in [3.63, 3.8) is 0 Å². The Balaban J connectivity index is 1.56. The Morgan fingerprint density at radius 3 is 2.08 bits per heavy atom. The Hall–Kier alpha value is -2.32. The van der Waals surface area contributed by atoms with E-state index in [9.17, 15) is 4.79 Å². The lowest BCUT2D eigenvalue weighted by atomic mass is 10.0. The van der Waals surface area contributed by atoms with E-state index in [1.807, 2.05) is 42.5 Å². The molecule has 24 heavy (non-hydrogen) atoms. The minimum Gasteiger partial charge on any atom is -0.294 e. The third kappa shape index (κ3) is 4.36. The molecule has 0 unspecified atom stereocenters. The van der Waals surface area contributed by atoms with Crippen LogP contribution in [0.5, 0.6) is 0 Å². The fourth-order valence-electron chi connectivity index (χ4n) is 2.52. The predicted molar refractivity (Wildman–Crippen MR) is 103 cm³/mol. The maximum Gasteiger partial charge on any atom is 0.163 e. The first kappa shape index (κ1) is 16.5. The lowest BCUT2D eigenvalue weighted by molar-refractivity contribution is 0.0989. The lowest BCUT2D eigenvalue weighted by Crippen LogP contribution is -2.00. The van der Waals surface area contributed by atoms with Crippen LogP contribution in [0.25, 0.3) is 11.1 Å². The molecular weight excluding hydrogens is 312 g/mol. The molecule has 3 aromatic rings. The van der Waals surface area contributed by atoms with Crippen molar-refractivity contribution in [2.75, 3.05) is 5.75 Å². The number of carbonyl (C=O) groups excluding carboxylic acids is 1. The molecule has 0 heterocycles. The molecule has 3 rings (SSSR count). The molecule has 0 aliphatic rings. The number of hydrogen-bond donors (Lipinski definition) is 0. The smallest absolute Gasteiger partial charge is 0.163 e. The van der Waals surface area contributed by atoms with E-state index in [4.69, 9.17) is 0 Å². The fourth-order valence-corrected chi connectivity index (χ4v) is 3.37. The molecule has 2 heteroatoms. The van der Waals surface area contributed by atoms with Gasteiger partial charge < -0.3 is 0 Å². The maximum absolute atomic E-state index is 12.3. The zero-order valence-corrected chi connectivity index (χ0v) is 14.6. The average molecular weight is 332 g/mol. The molecule has 0 saturated heterocycles. The fraction of sp³-hybridized carbons (Fsp3) is 0.136. The summed E-state index contributed by atoms with van der Waals surface area (Å²) in [6.45, 7) is 2.08. The second-order valence-electron chi connectivity index (χ2n) is 5.78. The number of ketones is 1. The molecule has 0 N–H and O–H groups in total. The number of aryl methyl sites for hydroxylation is 1. The summed E-state index contributed by atoms with van der Waals surface area (Å²) in [5.41, 5.74) is 4.36. The summed E-state index contributed by atoms with van der Waals surface area (Å²) < 4.78 is 0. The van der Waals surface area contributed by atoms with Gasteiger partial charge in [-0.1, -0.05) is 72.3 Å². The van der Waals surface area contributed by atoms with Gasteiger partial charge in [0.15, 0.2) is 5.78 Å². The molecule has 0 aliphatic carbocycles. The topological polar surface area (TPSA) is 17.1 Å². The van der Waals surface area contributed by atoms with E-state index in [0.29, 0.717) is 6.42 Å². The van der Waals surface area contributed by atoms with Gasteiger partial charge in [-0.05, 0) is 30.2 Å². The van der Waals surface area contributed by atoms with Crippen LogP contribution in [-0.2, 0) is 0 Å². The number of hydrogen-bond acceptors (Lipinski definition) is 2. The largest absolute Gasteiger partial charge is 0.294 e. The maximum atomic E-state index is 12.3. The monoisotopic (exact) mass is 332 g/mol. The van der Waals surface area contributed by atoms with Gasteiger partial charge in [0.2, 0.25) is 0 Å². The van der Waals surface area contributed by atoms with Crippen LogP contribution in [0.4, 0.5) is 0 Å². The molecule has 0 atom stereocenters. The molecule has 3 aromatic carbocycles. The first-order valence-electron chi connectivity index (χ1n) is 8.10. The average Bonchev–Trinajstić information content (AvgIpc) is 2.64. The van der Waals surface area contributed by atoms with Crippen LogP contribution in [0.15, 0.2) is 83.8 Å². The van der Waals surface area contributed by atoms with Crippen molar-refractivity contribution in [3.05, 3.63) is 90.0 Å². The Labute approximate surface area is 147 Å². The molecule has 0 fully saturated rings. The van der Waals surface area contributed by atoms with Crippen molar-refractivity contribution >= 4 is 17.5 Å². The summed E-state index contributed by atoms with van der Waals surface area (Å²) in [4.78, 5) is 13.5. The molecule has 0 amide bonds. The van der Waals surface area contributed by atoms with Gasteiger partial charge in [-0.15, -0.1) is 11.8 Å². The third-order valence-electron chi connectivity index (χ3n) is 3.93. The molecule has 0 spiro atoms. The summed E-state index contributed by atoms with van der Waals surface area (Å²) in [5.74, 6) is 1.01. The lowest BCUT2D eigenvalue weighted by Gasteiger charge is -2.05. The quantitative estimate of drug-likeness (QED) is 0.405. The highest BCUT2D eigenvalue weighted by atomic mass is 32.2. The Morgan fingerprint density at radius 1 is 0.792 bits per heavy atom. The third-order valence-corrected chi connectivity index (χ3v) is 4.95. The standard InChI is InChI=1S/C22H20OS/c1-17-7-13-21(14-8-17)24-16-15-22(23)20-11-9-19(10-12-20)18-5-3-2-4-6-18/h2-14H,15-16H2,1H3. The first-order chi connectivity index (χ1) is 11.7. The van der Waals surface area contributed by atoms with Crippen LogP contribution in [0.2, 0.25) is 0 Å². The van der Waals surface area contributed by atoms with Gasteiger partial charge in [-0.25, -0.2) is 0 Å². The van der Waals surface area contributed by atoms with Crippen LogP contribution in [-0.4, -0.2) is 11.5 Å². The highest BCUT2D eigenvalue weighted by Crippen LogP contribution is 2.22. The van der Waals surface area contributed by atoms with Gasteiger partial charge >= 0.3 is 0 Å². The molecule has 1 nitrogen and oxygen atoms in total. The van der Waals surface area contributed by atoms with Gasteiger partial charge in [-0.3, -0.25) is 4.79 Å². The zero-order valence-electron chi connectivity index (χ0n) is 13.7. The molecule has 0 aromatic heterocycles. The SMILES string of the molecule is Cc1ccc(SCCC(=O)c2ccc(-c3ccccc3)cc2)cc1. The van der Waals surface area contributed by atoms with Gasteiger partial charge in [0.25, 0.3) is 0 Å². The summed E-state index contributed by atoms with van der Waals surface area (Å²) in [5, 5.41) is 0. The Kier molecular flexibility index (Phi) is 5.50. The van der Waals surface area contributed by atoms with Crippen LogP contribution >= 0.6 is 11.8 Å². The van der Waals surface area contributed by atoms with Crippen LogP contribution in [0.3, 0.4) is 0 Å². The zero-order chi connectivity index (χ0) is 16.8. The van der Waals surface area contributed by atoms with Crippen molar-refractivity contribution in [2.45, 2.75) is 18.2 Å². The van der Waals surface area contributed by atoms with Gasteiger partial charge in [0, 0.05) is 22.6 Å². The second-order valence-corrected chi connectivity index (χ2v) is 6.95. The number of Topliss-reactive ketones (excluding diaryl/α,β-unsaturated/α-hetero) is 1. The highest BCUT2D eigenvalue weighted by Gasteiger charge is 2.06. The molecule has 0 aliphatic heterocycles. The Bertz CT molecular complexity index is 790. The van der Waals surface area contributed by atoms with Crippen LogP contribution in [0, 0.1) is 6.92 Å². The van der Waals surface area contributed by atoms with Crippen molar-refractivity contribution in [3.8, 4) is 11.1 Å². The van der Waals surface area contributed by atoms with Crippen molar-refractivity contribution in [1.29, 1.82) is 0 Å². The number of benzene rings is 3. The minimum absolute atomic E-state index is 0.203. The minimum atomic E-state index is 0.203. The van der Waals surface area contributed by atoms with Crippen molar-refractivity contribution < 1.29 is 4.79 Å². The summed E-state index contributed by atoms with van der Waals surface area (Å²) in [6, 6.07) is 26.6. The van der Waals surface area contributed by atoms with Crippen LogP contribution in [0.1, 0.15) is 22.3 Å². The van der Waals surface area contributed by atoms with E-state index in [0.717, 1.165) is 16.9 Å². The van der Waals surface area contributed by atoms with Crippen LogP contribution < -0.4 is 0 Å². The second kappa shape index (κ2) is 7.98. The number of rotatable bonds is 6. The van der Waals surface area contributed by atoms with E-state index >= 15 is 0 Å².